The molecule has 0 atom stereocenters. The molecule has 2 heterocycles. The smallest absolute Gasteiger partial charge is 0.227 e. The molecule has 1 aliphatic rings. The number of aromatic nitrogens is 2. The van der Waals surface area contributed by atoms with E-state index in [1.165, 1.54) is 11.1 Å². The highest BCUT2D eigenvalue weighted by Crippen LogP contribution is 2.11. The lowest BCUT2D eigenvalue weighted by Gasteiger charge is -2.25. The fraction of sp³-hybridized carbons (Fsp3) is 0.500. The van der Waals surface area contributed by atoms with E-state index in [0.717, 1.165) is 57.3 Å². The second-order valence-corrected chi connectivity index (χ2v) is 5.56. The maximum Gasteiger partial charge on any atom is 0.227 e. The lowest BCUT2D eigenvalue weighted by molar-refractivity contribution is 0.224. The van der Waals surface area contributed by atoms with Crippen LogP contribution in [0.4, 0.5) is 0 Å². The van der Waals surface area contributed by atoms with Crippen molar-refractivity contribution in [3.8, 4) is 0 Å². The van der Waals surface area contributed by atoms with Gasteiger partial charge in [0.05, 0.1) is 6.54 Å². The highest BCUT2D eigenvalue weighted by molar-refractivity contribution is 5.25. The number of aryl methyl sites for hydroxylation is 3. The Morgan fingerprint density at radius 2 is 2.00 bits per heavy atom. The lowest BCUT2D eigenvalue weighted by atomic mass is 10.0. The topological polar surface area (TPSA) is 54.2 Å². The van der Waals surface area contributed by atoms with Gasteiger partial charge >= 0.3 is 0 Å². The van der Waals surface area contributed by atoms with Crippen LogP contribution in [0.5, 0.6) is 0 Å². The number of piperazine rings is 1. The Hall–Kier alpha value is -1.72. The summed E-state index contributed by atoms with van der Waals surface area (Å²) in [6.07, 6.45) is 1.75. The van der Waals surface area contributed by atoms with Crippen molar-refractivity contribution in [1.82, 2.24) is 20.4 Å². The molecule has 0 saturated carbocycles. The van der Waals surface area contributed by atoms with Crippen LogP contribution in [0.2, 0.25) is 0 Å². The Kier molecular flexibility index (Phi) is 4.62. The van der Waals surface area contributed by atoms with E-state index in [9.17, 15) is 0 Å². The van der Waals surface area contributed by atoms with Crippen molar-refractivity contribution in [2.75, 3.05) is 26.2 Å². The van der Waals surface area contributed by atoms with Gasteiger partial charge in [0.15, 0.2) is 5.82 Å². The Balaban J connectivity index is 1.54. The van der Waals surface area contributed by atoms with E-state index in [-0.39, 0.29) is 0 Å². The molecule has 3 rings (SSSR count). The number of rotatable bonds is 5. The van der Waals surface area contributed by atoms with Crippen molar-refractivity contribution in [2.24, 2.45) is 0 Å². The Labute approximate surface area is 125 Å². The minimum atomic E-state index is 0.739. The lowest BCUT2D eigenvalue weighted by Crippen LogP contribution is -2.43. The van der Waals surface area contributed by atoms with Crippen molar-refractivity contribution in [1.29, 1.82) is 0 Å². The van der Waals surface area contributed by atoms with Crippen LogP contribution in [0.1, 0.15) is 22.8 Å². The summed E-state index contributed by atoms with van der Waals surface area (Å²) in [5.41, 5.74) is 2.66. The molecule has 1 aliphatic heterocycles. The average Bonchev–Trinajstić information content (AvgIpc) is 2.95. The molecule has 0 bridgehead atoms. The van der Waals surface area contributed by atoms with Crippen molar-refractivity contribution >= 4 is 0 Å². The molecule has 1 saturated heterocycles. The normalized spacial score (nSPS) is 16.2. The zero-order chi connectivity index (χ0) is 14.5. The van der Waals surface area contributed by atoms with Crippen molar-refractivity contribution in [2.45, 2.75) is 26.3 Å². The van der Waals surface area contributed by atoms with E-state index in [2.05, 4.69) is 51.5 Å². The van der Waals surface area contributed by atoms with Gasteiger partial charge < -0.3 is 9.84 Å². The maximum absolute atomic E-state index is 5.36. The highest BCUT2D eigenvalue weighted by atomic mass is 16.5. The number of nitrogens with one attached hydrogen (secondary N) is 1. The number of benzene rings is 1. The molecule has 1 N–H and O–H groups in total. The van der Waals surface area contributed by atoms with Crippen LogP contribution in [0, 0.1) is 6.92 Å². The quantitative estimate of drug-likeness (QED) is 0.904. The standard InChI is InChI=1S/C16H22N4O/c1-13-4-2-3-5-14(13)6-7-16-18-15(19-21-16)12-20-10-8-17-9-11-20/h2-5,17H,6-12H2,1H3. The first kappa shape index (κ1) is 14.2. The van der Waals surface area contributed by atoms with Gasteiger partial charge in [-0.25, -0.2) is 0 Å². The predicted octanol–water partition coefficient (Wildman–Crippen LogP) is 1.57. The van der Waals surface area contributed by atoms with Gasteiger partial charge in [0, 0.05) is 32.6 Å². The van der Waals surface area contributed by atoms with Crippen molar-refractivity contribution < 1.29 is 4.52 Å². The van der Waals surface area contributed by atoms with E-state index in [1.54, 1.807) is 0 Å². The molecule has 5 nitrogen and oxygen atoms in total. The second kappa shape index (κ2) is 6.83. The first-order valence-corrected chi connectivity index (χ1v) is 7.60. The summed E-state index contributed by atoms with van der Waals surface area (Å²) in [6.45, 7) is 7.10. The van der Waals surface area contributed by atoms with Crippen LogP contribution in [0.3, 0.4) is 0 Å². The van der Waals surface area contributed by atoms with Crippen molar-refractivity contribution in [3.63, 3.8) is 0 Å². The fourth-order valence-electron chi connectivity index (χ4n) is 2.66. The van der Waals surface area contributed by atoms with Gasteiger partial charge in [0.1, 0.15) is 0 Å². The number of hydrogen-bond acceptors (Lipinski definition) is 5. The van der Waals surface area contributed by atoms with Gasteiger partial charge in [0.2, 0.25) is 5.89 Å². The molecule has 1 aromatic carbocycles. The Morgan fingerprint density at radius 3 is 2.81 bits per heavy atom. The molecule has 1 fully saturated rings. The van der Waals surface area contributed by atoms with E-state index < -0.39 is 0 Å². The van der Waals surface area contributed by atoms with E-state index in [1.807, 2.05) is 0 Å². The molecule has 2 aromatic rings. The summed E-state index contributed by atoms with van der Waals surface area (Å²) in [4.78, 5) is 6.86. The van der Waals surface area contributed by atoms with Gasteiger partial charge in [-0.3, -0.25) is 4.90 Å². The van der Waals surface area contributed by atoms with Crippen LogP contribution in [0.25, 0.3) is 0 Å². The van der Waals surface area contributed by atoms with Gasteiger partial charge in [-0.2, -0.15) is 4.98 Å². The molecule has 5 heteroatoms. The third-order valence-electron chi connectivity index (χ3n) is 3.95. The maximum atomic E-state index is 5.36. The van der Waals surface area contributed by atoms with Crippen LogP contribution in [0.15, 0.2) is 28.8 Å². The van der Waals surface area contributed by atoms with Crippen LogP contribution >= 0.6 is 0 Å². The van der Waals surface area contributed by atoms with Crippen LogP contribution < -0.4 is 5.32 Å². The number of nitrogens with zero attached hydrogens (tertiary/aromatic N) is 3. The van der Waals surface area contributed by atoms with E-state index in [4.69, 9.17) is 4.52 Å². The van der Waals surface area contributed by atoms with Gasteiger partial charge in [-0.05, 0) is 24.5 Å². The van der Waals surface area contributed by atoms with Crippen molar-refractivity contribution in [3.05, 3.63) is 47.1 Å². The minimum Gasteiger partial charge on any atom is -0.339 e. The third kappa shape index (κ3) is 3.89. The molecule has 1 aromatic heterocycles. The summed E-state index contributed by atoms with van der Waals surface area (Å²) < 4.78 is 5.36. The van der Waals surface area contributed by atoms with E-state index >= 15 is 0 Å². The monoisotopic (exact) mass is 286 g/mol. The SMILES string of the molecule is Cc1ccccc1CCc1nc(CN2CCNCC2)no1. The molecule has 0 aliphatic carbocycles. The zero-order valence-electron chi connectivity index (χ0n) is 12.5. The fourth-order valence-corrected chi connectivity index (χ4v) is 2.66. The number of hydrogen-bond donors (Lipinski definition) is 1. The second-order valence-electron chi connectivity index (χ2n) is 5.56. The predicted molar refractivity (Wildman–Crippen MR) is 81.0 cm³/mol. The van der Waals surface area contributed by atoms with Crippen LogP contribution in [-0.2, 0) is 19.4 Å². The summed E-state index contributed by atoms with van der Waals surface area (Å²) in [6, 6.07) is 8.44. The molecule has 0 amide bonds. The Bertz CT molecular complexity index is 575. The Morgan fingerprint density at radius 1 is 1.19 bits per heavy atom. The van der Waals surface area contributed by atoms with E-state index in [0.29, 0.717) is 0 Å². The summed E-state index contributed by atoms with van der Waals surface area (Å²) in [5, 5.41) is 7.44. The minimum absolute atomic E-state index is 0.739. The molecular formula is C16H22N4O. The average molecular weight is 286 g/mol. The first-order valence-electron chi connectivity index (χ1n) is 7.60. The summed E-state index contributed by atoms with van der Waals surface area (Å²) >= 11 is 0. The molecule has 0 radical (unpaired) electrons. The molecule has 0 spiro atoms. The van der Waals surface area contributed by atoms with Gasteiger partial charge in [0.25, 0.3) is 0 Å². The molecule has 0 unspecified atom stereocenters. The first-order chi connectivity index (χ1) is 10.3. The molecule has 21 heavy (non-hydrogen) atoms. The molecule has 112 valence electrons. The van der Waals surface area contributed by atoms with Crippen LogP contribution in [-0.4, -0.2) is 41.2 Å². The third-order valence-corrected chi connectivity index (χ3v) is 3.95. The summed E-state index contributed by atoms with van der Waals surface area (Å²) in [7, 11) is 0. The molecular weight excluding hydrogens is 264 g/mol. The summed E-state index contributed by atoms with van der Waals surface area (Å²) in [5.74, 6) is 1.54. The highest BCUT2D eigenvalue weighted by Gasteiger charge is 2.14. The van der Waals surface area contributed by atoms with Gasteiger partial charge in [-0.15, -0.1) is 0 Å². The largest absolute Gasteiger partial charge is 0.339 e. The zero-order valence-corrected chi connectivity index (χ0v) is 12.5. The van der Waals surface area contributed by atoms with Gasteiger partial charge in [-0.1, -0.05) is 29.4 Å².